The molecule has 2 unspecified atom stereocenters. The SMILES string of the molecule is CCOC(C(O)(CC(=O)[O-])C(C)=O)[N+](C)(C)C. The molecule has 0 aromatic carbocycles. The molecular weight excluding hydrogens is 226 g/mol. The number of carboxylic acids is 1. The van der Waals surface area contributed by atoms with Crippen molar-refractivity contribution < 1.29 is 29.0 Å². The van der Waals surface area contributed by atoms with E-state index in [0.717, 1.165) is 6.92 Å². The van der Waals surface area contributed by atoms with E-state index in [0.29, 0.717) is 0 Å². The molecule has 0 bridgehead atoms. The van der Waals surface area contributed by atoms with Gasteiger partial charge < -0.3 is 24.2 Å². The van der Waals surface area contributed by atoms with E-state index in [1.807, 2.05) is 0 Å². The van der Waals surface area contributed by atoms with E-state index in [1.54, 1.807) is 28.1 Å². The van der Waals surface area contributed by atoms with Gasteiger partial charge in [-0.05, 0) is 13.8 Å². The van der Waals surface area contributed by atoms with E-state index in [2.05, 4.69) is 0 Å². The molecule has 0 heterocycles. The average molecular weight is 247 g/mol. The van der Waals surface area contributed by atoms with Gasteiger partial charge in [-0.3, -0.25) is 4.79 Å². The number of ketones is 1. The zero-order chi connectivity index (χ0) is 13.9. The van der Waals surface area contributed by atoms with Crippen LogP contribution in [0, 0.1) is 0 Å². The molecule has 0 amide bonds. The van der Waals surface area contributed by atoms with Gasteiger partial charge in [0, 0.05) is 12.4 Å². The molecule has 0 saturated heterocycles. The van der Waals surface area contributed by atoms with Gasteiger partial charge >= 0.3 is 0 Å². The Bertz CT molecular complexity index is 297. The predicted molar refractivity (Wildman–Crippen MR) is 58.7 cm³/mol. The highest BCUT2D eigenvalue weighted by atomic mass is 16.5. The summed E-state index contributed by atoms with van der Waals surface area (Å²) in [4.78, 5) is 22.2. The first-order chi connectivity index (χ1) is 7.55. The summed E-state index contributed by atoms with van der Waals surface area (Å²) in [7, 11) is 5.14. The molecule has 0 aliphatic carbocycles. The van der Waals surface area contributed by atoms with Crippen molar-refractivity contribution in [2.24, 2.45) is 0 Å². The van der Waals surface area contributed by atoms with Crippen LogP contribution in [0.15, 0.2) is 0 Å². The maximum atomic E-state index is 11.5. The lowest BCUT2D eigenvalue weighted by atomic mass is 9.91. The van der Waals surface area contributed by atoms with Gasteiger partial charge in [0.15, 0.2) is 5.78 Å². The number of aliphatic hydroxyl groups is 1. The number of rotatable bonds is 7. The van der Waals surface area contributed by atoms with Crippen molar-refractivity contribution in [2.45, 2.75) is 32.1 Å². The highest BCUT2D eigenvalue weighted by molar-refractivity contribution is 5.89. The fourth-order valence-electron chi connectivity index (χ4n) is 1.77. The van der Waals surface area contributed by atoms with Crippen LogP contribution in [0.4, 0.5) is 0 Å². The number of aliphatic carboxylic acids is 1. The summed E-state index contributed by atoms with van der Waals surface area (Å²) in [6.07, 6.45) is -1.73. The smallest absolute Gasteiger partial charge is 0.229 e. The molecule has 100 valence electrons. The third-order valence-electron chi connectivity index (χ3n) is 2.46. The summed E-state index contributed by atoms with van der Waals surface area (Å²) in [6, 6.07) is 0. The first-order valence-corrected chi connectivity index (χ1v) is 5.41. The van der Waals surface area contributed by atoms with Gasteiger partial charge in [0.1, 0.15) is 0 Å². The summed E-state index contributed by atoms with van der Waals surface area (Å²) in [5.74, 6) is -2.13. The lowest BCUT2D eigenvalue weighted by Crippen LogP contribution is -2.64. The second-order valence-electron chi connectivity index (χ2n) is 4.95. The zero-order valence-electron chi connectivity index (χ0n) is 11.0. The molecule has 1 N–H and O–H groups in total. The van der Waals surface area contributed by atoms with E-state index in [1.165, 1.54) is 0 Å². The molecule has 0 radical (unpaired) electrons. The third-order valence-corrected chi connectivity index (χ3v) is 2.46. The minimum atomic E-state index is -2.08. The van der Waals surface area contributed by atoms with Gasteiger partial charge in [-0.25, -0.2) is 0 Å². The summed E-state index contributed by atoms with van der Waals surface area (Å²) < 4.78 is 5.45. The van der Waals surface area contributed by atoms with Crippen LogP contribution in [0.2, 0.25) is 0 Å². The molecule has 0 fully saturated rings. The Kier molecular flexibility index (Phi) is 5.25. The zero-order valence-corrected chi connectivity index (χ0v) is 11.0. The maximum Gasteiger partial charge on any atom is 0.229 e. The Morgan fingerprint density at radius 1 is 1.41 bits per heavy atom. The van der Waals surface area contributed by atoms with Gasteiger partial charge in [0.25, 0.3) is 0 Å². The molecular formula is C11H21NO5. The number of Topliss-reactive ketones (excluding diaryl/α,β-unsaturated/α-hetero) is 1. The number of carbonyl (C=O) groups is 2. The standard InChI is InChI=1S/C11H21NO5/c1-6-17-10(12(3,4)5)11(16,8(2)13)7-9(14)15/h10,16H,6-7H2,1-5H3. The van der Waals surface area contributed by atoms with Gasteiger partial charge in [-0.2, -0.15) is 0 Å². The van der Waals surface area contributed by atoms with Crippen molar-refractivity contribution in [3.63, 3.8) is 0 Å². The highest BCUT2D eigenvalue weighted by Gasteiger charge is 2.50. The van der Waals surface area contributed by atoms with Crippen LogP contribution in [0.1, 0.15) is 20.3 Å². The Morgan fingerprint density at radius 2 is 1.88 bits per heavy atom. The van der Waals surface area contributed by atoms with E-state index in [-0.39, 0.29) is 11.1 Å². The quantitative estimate of drug-likeness (QED) is 0.438. The highest BCUT2D eigenvalue weighted by Crippen LogP contribution is 2.25. The Balaban J connectivity index is 5.37. The number of ether oxygens (including phenoxy) is 1. The number of likely N-dealkylation sites (N-methyl/N-ethyl adjacent to an activating group) is 1. The molecule has 0 saturated carbocycles. The molecule has 0 aliphatic heterocycles. The van der Waals surface area contributed by atoms with Gasteiger partial charge in [-0.15, -0.1) is 0 Å². The van der Waals surface area contributed by atoms with E-state index >= 15 is 0 Å². The van der Waals surface area contributed by atoms with Gasteiger partial charge in [-0.1, -0.05) is 0 Å². The van der Waals surface area contributed by atoms with Crippen LogP contribution in [0.3, 0.4) is 0 Å². The fraction of sp³-hybridized carbons (Fsp3) is 0.818. The monoisotopic (exact) mass is 247 g/mol. The van der Waals surface area contributed by atoms with Gasteiger partial charge in [0.05, 0.1) is 27.7 Å². The third kappa shape index (κ3) is 4.07. The second kappa shape index (κ2) is 5.57. The maximum absolute atomic E-state index is 11.5. The number of quaternary nitrogens is 1. The van der Waals surface area contributed by atoms with Crippen molar-refractivity contribution >= 4 is 11.8 Å². The molecule has 17 heavy (non-hydrogen) atoms. The van der Waals surface area contributed by atoms with E-state index in [9.17, 15) is 19.8 Å². The van der Waals surface area contributed by atoms with Crippen LogP contribution in [0.5, 0.6) is 0 Å². The fourth-order valence-corrected chi connectivity index (χ4v) is 1.77. The summed E-state index contributed by atoms with van der Waals surface area (Å²) in [5.41, 5.74) is -2.08. The predicted octanol–water partition coefficient (Wildman–Crippen LogP) is -1.48. The largest absolute Gasteiger partial charge is 0.550 e. The van der Waals surface area contributed by atoms with Crippen LogP contribution < -0.4 is 5.11 Å². The average Bonchev–Trinajstić information content (AvgIpc) is 2.10. The molecule has 0 aromatic rings. The first-order valence-electron chi connectivity index (χ1n) is 5.41. The topological polar surface area (TPSA) is 86.7 Å². The summed E-state index contributed by atoms with van der Waals surface area (Å²) in [6.45, 7) is 3.12. The number of hydrogen-bond acceptors (Lipinski definition) is 5. The van der Waals surface area contributed by atoms with E-state index < -0.39 is 30.0 Å². The number of carboxylic acid groups (broad SMARTS) is 1. The molecule has 2 atom stereocenters. The summed E-state index contributed by atoms with van der Waals surface area (Å²) >= 11 is 0. The van der Waals surface area contributed by atoms with Crippen molar-refractivity contribution in [2.75, 3.05) is 27.7 Å². The van der Waals surface area contributed by atoms with Crippen molar-refractivity contribution in [1.82, 2.24) is 0 Å². The lowest BCUT2D eigenvalue weighted by Gasteiger charge is -2.42. The Labute approximate surface area is 101 Å². The van der Waals surface area contributed by atoms with Crippen LogP contribution >= 0.6 is 0 Å². The minimum Gasteiger partial charge on any atom is -0.550 e. The number of carbonyl (C=O) groups excluding carboxylic acids is 2. The van der Waals surface area contributed by atoms with Crippen molar-refractivity contribution in [3.05, 3.63) is 0 Å². The molecule has 0 rings (SSSR count). The van der Waals surface area contributed by atoms with Crippen molar-refractivity contribution in [1.29, 1.82) is 0 Å². The number of hydrogen-bond donors (Lipinski definition) is 1. The minimum absolute atomic E-state index is 0.108. The Morgan fingerprint density at radius 3 is 2.12 bits per heavy atom. The molecule has 6 heteroatoms. The molecule has 0 aromatic heterocycles. The lowest BCUT2D eigenvalue weighted by molar-refractivity contribution is -0.926. The molecule has 0 spiro atoms. The Hall–Kier alpha value is -0.980. The van der Waals surface area contributed by atoms with Crippen LogP contribution in [0.25, 0.3) is 0 Å². The normalized spacial score (nSPS) is 17.3. The van der Waals surface area contributed by atoms with Gasteiger partial charge in [0.2, 0.25) is 11.8 Å². The second-order valence-corrected chi connectivity index (χ2v) is 4.95. The number of nitrogens with zero attached hydrogens (tertiary/aromatic N) is 1. The molecule has 6 nitrogen and oxygen atoms in total. The van der Waals surface area contributed by atoms with Crippen LogP contribution in [-0.2, 0) is 14.3 Å². The first kappa shape index (κ1) is 16.0. The van der Waals surface area contributed by atoms with E-state index in [4.69, 9.17) is 4.74 Å². The summed E-state index contributed by atoms with van der Waals surface area (Å²) in [5, 5.41) is 20.9. The van der Waals surface area contributed by atoms with Crippen molar-refractivity contribution in [3.8, 4) is 0 Å². The molecule has 0 aliphatic rings. The van der Waals surface area contributed by atoms with Crippen LogP contribution in [-0.4, -0.2) is 60.9 Å².